The fourth-order valence-corrected chi connectivity index (χ4v) is 5.31. The van der Waals surface area contributed by atoms with Gasteiger partial charge < -0.3 is 0 Å². The Morgan fingerprint density at radius 3 is 2.43 bits per heavy atom. The number of fused-ring (bicyclic) bond motifs is 1. The molecule has 5 aromatic rings. The summed E-state index contributed by atoms with van der Waals surface area (Å²) in [6.07, 6.45) is 11.7. The van der Waals surface area contributed by atoms with Crippen LogP contribution < -0.4 is 0 Å². The predicted octanol–water partition coefficient (Wildman–Crippen LogP) is 9.72. The molecule has 42 heavy (non-hydrogen) atoms. The van der Waals surface area contributed by atoms with Gasteiger partial charge in [0.05, 0.1) is 5.71 Å². The summed E-state index contributed by atoms with van der Waals surface area (Å²) < 4.78 is 0. The number of aromatic nitrogens is 1. The Bertz CT molecular complexity index is 1840. The van der Waals surface area contributed by atoms with E-state index in [1.807, 2.05) is 36.5 Å². The highest BCUT2D eigenvalue weighted by atomic mass is 14.9. The SMILES string of the molecule is C=C(/C=C\CC(C)C1=CCC(c2cccc(-c3cccc4ccccc34)c2)=NC(c2ccccc2)=N1)c1cccnc1. The van der Waals surface area contributed by atoms with Gasteiger partial charge in [0, 0.05) is 36.0 Å². The monoisotopic (exact) mass is 543 g/mol. The highest BCUT2D eigenvalue weighted by Gasteiger charge is 2.16. The second-order valence-corrected chi connectivity index (χ2v) is 10.6. The predicted molar refractivity (Wildman–Crippen MR) is 178 cm³/mol. The highest BCUT2D eigenvalue weighted by Crippen LogP contribution is 2.30. The van der Waals surface area contributed by atoms with Crippen molar-refractivity contribution < 1.29 is 0 Å². The first-order chi connectivity index (χ1) is 20.7. The largest absolute Gasteiger partial charge is 0.264 e. The zero-order valence-electron chi connectivity index (χ0n) is 23.8. The van der Waals surface area contributed by atoms with Crippen LogP contribution in [-0.4, -0.2) is 16.5 Å². The van der Waals surface area contributed by atoms with E-state index in [1.54, 1.807) is 6.20 Å². The molecule has 1 unspecified atom stereocenters. The third-order valence-corrected chi connectivity index (χ3v) is 7.65. The van der Waals surface area contributed by atoms with Crippen LogP contribution in [-0.2, 0) is 0 Å². The summed E-state index contributed by atoms with van der Waals surface area (Å²) in [6.45, 7) is 6.43. The first-order valence-corrected chi connectivity index (χ1v) is 14.4. The van der Waals surface area contributed by atoms with Gasteiger partial charge in [0.25, 0.3) is 0 Å². The molecule has 0 N–H and O–H groups in total. The Kier molecular flexibility index (Phi) is 8.09. The molecule has 1 aliphatic rings. The topological polar surface area (TPSA) is 37.6 Å². The van der Waals surface area contributed by atoms with Crippen molar-refractivity contribution in [2.45, 2.75) is 19.8 Å². The van der Waals surface area contributed by atoms with Crippen molar-refractivity contribution in [2.75, 3.05) is 0 Å². The molecule has 1 aromatic heterocycles. The van der Waals surface area contributed by atoms with Gasteiger partial charge in [0.15, 0.2) is 5.84 Å². The normalized spacial score (nSPS) is 14.2. The molecule has 4 aromatic carbocycles. The maximum Gasteiger partial charge on any atom is 0.159 e. The Hall–Kier alpha value is -5.15. The first-order valence-electron chi connectivity index (χ1n) is 14.4. The van der Waals surface area contributed by atoms with Gasteiger partial charge >= 0.3 is 0 Å². The van der Waals surface area contributed by atoms with Crippen LogP contribution in [0.3, 0.4) is 0 Å². The van der Waals surface area contributed by atoms with Crippen molar-refractivity contribution in [3.05, 3.63) is 169 Å². The molecule has 0 bridgehead atoms. The number of hydrogen-bond acceptors (Lipinski definition) is 3. The molecule has 0 spiro atoms. The number of rotatable bonds is 8. The van der Waals surface area contributed by atoms with Crippen LogP contribution >= 0.6 is 0 Å². The summed E-state index contributed by atoms with van der Waals surface area (Å²) in [5.41, 5.74) is 8.59. The van der Waals surface area contributed by atoms with Crippen molar-refractivity contribution >= 4 is 27.9 Å². The van der Waals surface area contributed by atoms with Crippen LogP contribution in [0.25, 0.3) is 27.5 Å². The molecule has 0 saturated heterocycles. The number of amidine groups is 1. The van der Waals surface area contributed by atoms with Gasteiger partial charge in [-0.3, -0.25) is 4.98 Å². The van der Waals surface area contributed by atoms with Crippen molar-refractivity contribution in [1.29, 1.82) is 0 Å². The van der Waals surface area contributed by atoms with Crippen LogP contribution in [0.4, 0.5) is 0 Å². The van der Waals surface area contributed by atoms with E-state index in [-0.39, 0.29) is 5.92 Å². The molecule has 0 radical (unpaired) electrons. The van der Waals surface area contributed by atoms with E-state index >= 15 is 0 Å². The van der Waals surface area contributed by atoms with E-state index in [0.717, 1.165) is 45.9 Å². The smallest absolute Gasteiger partial charge is 0.159 e. The van der Waals surface area contributed by atoms with E-state index in [0.29, 0.717) is 6.42 Å². The van der Waals surface area contributed by atoms with E-state index in [9.17, 15) is 0 Å². The molecular formula is C39H33N3. The van der Waals surface area contributed by atoms with Crippen LogP contribution in [0, 0.1) is 5.92 Å². The lowest BCUT2D eigenvalue weighted by Crippen LogP contribution is -2.05. The van der Waals surface area contributed by atoms with Gasteiger partial charge in [-0.05, 0) is 57.2 Å². The molecule has 1 atom stereocenters. The van der Waals surface area contributed by atoms with E-state index < -0.39 is 0 Å². The average molecular weight is 544 g/mol. The fraction of sp³-hybridized carbons (Fsp3) is 0.103. The summed E-state index contributed by atoms with van der Waals surface area (Å²) in [4.78, 5) is 14.5. The highest BCUT2D eigenvalue weighted by molar-refractivity contribution is 6.14. The van der Waals surface area contributed by atoms with Crippen molar-refractivity contribution in [3.8, 4) is 11.1 Å². The Morgan fingerprint density at radius 1 is 0.810 bits per heavy atom. The lowest BCUT2D eigenvalue weighted by molar-refractivity contribution is 0.684. The summed E-state index contributed by atoms with van der Waals surface area (Å²) in [5, 5.41) is 2.49. The minimum absolute atomic E-state index is 0.221. The summed E-state index contributed by atoms with van der Waals surface area (Å²) >= 11 is 0. The van der Waals surface area contributed by atoms with Crippen LogP contribution in [0.15, 0.2) is 162 Å². The zero-order valence-corrected chi connectivity index (χ0v) is 23.8. The van der Waals surface area contributed by atoms with Crippen LogP contribution in [0.5, 0.6) is 0 Å². The molecule has 204 valence electrons. The maximum atomic E-state index is 5.17. The minimum atomic E-state index is 0.221. The number of pyridine rings is 1. The molecule has 1 aliphatic heterocycles. The minimum Gasteiger partial charge on any atom is -0.264 e. The summed E-state index contributed by atoms with van der Waals surface area (Å²) in [7, 11) is 0. The molecule has 0 amide bonds. The molecule has 3 nitrogen and oxygen atoms in total. The zero-order chi connectivity index (χ0) is 28.7. The molecule has 0 aliphatic carbocycles. The van der Waals surface area contributed by atoms with Crippen LogP contribution in [0.1, 0.15) is 36.5 Å². The van der Waals surface area contributed by atoms with E-state index in [1.165, 1.54) is 21.9 Å². The van der Waals surface area contributed by atoms with Gasteiger partial charge in [-0.25, -0.2) is 9.98 Å². The fourth-order valence-electron chi connectivity index (χ4n) is 5.31. The van der Waals surface area contributed by atoms with E-state index in [4.69, 9.17) is 9.98 Å². The number of aliphatic imine (C=N–C) groups is 2. The molecule has 6 rings (SSSR count). The van der Waals surface area contributed by atoms with Crippen molar-refractivity contribution in [2.24, 2.45) is 15.9 Å². The number of benzene rings is 4. The molecule has 2 heterocycles. The Balaban J connectivity index is 1.30. The Morgan fingerprint density at radius 2 is 1.57 bits per heavy atom. The van der Waals surface area contributed by atoms with Gasteiger partial charge in [-0.2, -0.15) is 0 Å². The maximum absolute atomic E-state index is 5.17. The molecule has 0 saturated carbocycles. The second kappa shape index (κ2) is 12.6. The quantitative estimate of drug-likeness (QED) is 0.180. The second-order valence-electron chi connectivity index (χ2n) is 10.6. The lowest BCUT2D eigenvalue weighted by Gasteiger charge is -2.10. The number of allylic oxidation sites excluding steroid dienone is 5. The van der Waals surface area contributed by atoms with Crippen molar-refractivity contribution in [3.63, 3.8) is 0 Å². The van der Waals surface area contributed by atoms with Crippen LogP contribution in [0.2, 0.25) is 0 Å². The summed E-state index contributed by atoms with van der Waals surface area (Å²) in [6, 6.07) is 38.0. The Labute approximate surface area is 248 Å². The molecular weight excluding hydrogens is 510 g/mol. The standard InChI is InChI=1S/C39H33N3/c1-28(34-20-11-25-40-27-34)12-8-13-29(2)37-23-24-38(42-39(41-37)31-15-4-3-5-16-31)33-19-9-18-32(26-33)36-22-10-17-30-14-6-7-21-35(30)36/h3-12,14-23,25-27,29H,1,13,24H2,2H3/b12-8-. The number of hydrogen-bond donors (Lipinski definition) is 0. The average Bonchev–Trinajstić information content (AvgIpc) is 3.29. The lowest BCUT2D eigenvalue weighted by atomic mass is 9.95. The molecule has 3 heteroatoms. The third-order valence-electron chi connectivity index (χ3n) is 7.65. The third kappa shape index (κ3) is 6.11. The van der Waals surface area contributed by atoms with Crippen molar-refractivity contribution in [1.82, 2.24) is 4.98 Å². The summed E-state index contributed by atoms with van der Waals surface area (Å²) in [5.74, 6) is 0.971. The van der Waals surface area contributed by atoms with Gasteiger partial charge in [-0.15, -0.1) is 0 Å². The van der Waals surface area contributed by atoms with Gasteiger partial charge in [-0.1, -0.05) is 129 Å². The van der Waals surface area contributed by atoms with E-state index in [2.05, 4.69) is 116 Å². The van der Waals surface area contributed by atoms with Gasteiger partial charge in [0.2, 0.25) is 0 Å². The number of nitrogens with zero attached hydrogens (tertiary/aromatic N) is 3. The van der Waals surface area contributed by atoms with Gasteiger partial charge in [0.1, 0.15) is 0 Å². The first kappa shape index (κ1) is 27.0. The molecule has 0 fully saturated rings.